The lowest BCUT2D eigenvalue weighted by molar-refractivity contribution is 0.351. The summed E-state index contributed by atoms with van der Waals surface area (Å²) in [5, 5.41) is 0. The highest BCUT2D eigenvalue weighted by atomic mass is 79.9. The van der Waals surface area contributed by atoms with Crippen LogP contribution in [-0.2, 0) is 0 Å². The highest BCUT2D eigenvalue weighted by Crippen LogP contribution is 2.28. The summed E-state index contributed by atoms with van der Waals surface area (Å²) in [6.07, 6.45) is 5.17. The van der Waals surface area contributed by atoms with Crippen molar-refractivity contribution in [2.24, 2.45) is 11.8 Å². The van der Waals surface area contributed by atoms with Gasteiger partial charge in [-0.1, -0.05) is 13.8 Å². The molecule has 1 aliphatic heterocycles. The number of pyridine rings is 1. The average molecular weight is 315 g/mol. The first kappa shape index (κ1) is 13.8. The van der Waals surface area contributed by atoms with Crippen LogP contribution in [0.1, 0.15) is 33.1 Å². The van der Waals surface area contributed by atoms with E-state index in [1.54, 1.807) is 6.20 Å². The molecule has 0 amide bonds. The molecule has 1 aromatic heterocycles. The Morgan fingerprint density at radius 2 is 2.17 bits per heavy atom. The summed E-state index contributed by atoms with van der Waals surface area (Å²) in [6.45, 7) is 6.38. The zero-order valence-electron chi connectivity index (χ0n) is 11.0. The Bertz CT molecular complexity index is 409. The van der Waals surface area contributed by atoms with Gasteiger partial charge in [-0.15, -0.1) is 0 Å². The molecule has 1 unspecified atom stereocenters. The molecule has 0 aromatic carbocycles. The first-order valence-electron chi connectivity index (χ1n) is 6.64. The van der Waals surface area contributed by atoms with Crippen molar-refractivity contribution in [2.45, 2.75) is 33.1 Å². The van der Waals surface area contributed by atoms with Crippen molar-refractivity contribution in [3.05, 3.63) is 22.6 Å². The van der Waals surface area contributed by atoms with Crippen molar-refractivity contribution in [3.8, 4) is 0 Å². The summed E-state index contributed by atoms with van der Waals surface area (Å²) in [5.41, 5.74) is 0. The molecule has 0 radical (unpaired) electrons. The number of aromatic nitrogens is 1. The van der Waals surface area contributed by atoms with Crippen LogP contribution in [0, 0.1) is 17.7 Å². The lowest BCUT2D eigenvalue weighted by atomic mass is 9.89. The van der Waals surface area contributed by atoms with Crippen molar-refractivity contribution < 1.29 is 4.39 Å². The molecule has 1 saturated heterocycles. The van der Waals surface area contributed by atoms with Gasteiger partial charge in [0.25, 0.3) is 0 Å². The maximum atomic E-state index is 13.9. The monoisotopic (exact) mass is 314 g/mol. The fraction of sp³-hybridized carbons (Fsp3) is 0.643. The van der Waals surface area contributed by atoms with Crippen LogP contribution in [0.2, 0.25) is 0 Å². The molecule has 0 N–H and O–H groups in total. The third kappa shape index (κ3) is 3.22. The number of hydrogen-bond donors (Lipinski definition) is 0. The van der Waals surface area contributed by atoms with Crippen molar-refractivity contribution in [1.29, 1.82) is 0 Å². The predicted octanol–water partition coefficient (Wildman–Crippen LogP) is 4.25. The summed E-state index contributed by atoms with van der Waals surface area (Å²) in [7, 11) is 0. The Morgan fingerprint density at radius 1 is 1.39 bits per heavy atom. The highest BCUT2D eigenvalue weighted by Gasteiger charge is 2.21. The summed E-state index contributed by atoms with van der Waals surface area (Å²) >= 11 is 3.24. The van der Waals surface area contributed by atoms with Gasteiger partial charge in [-0.25, -0.2) is 9.37 Å². The summed E-state index contributed by atoms with van der Waals surface area (Å²) < 4.78 is 14.6. The lowest BCUT2D eigenvalue weighted by Gasteiger charge is -2.22. The molecule has 0 spiro atoms. The maximum absolute atomic E-state index is 13.9. The first-order valence-corrected chi connectivity index (χ1v) is 7.43. The molecule has 0 saturated carbocycles. The number of rotatable bonds is 2. The molecule has 18 heavy (non-hydrogen) atoms. The van der Waals surface area contributed by atoms with E-state index in [1.165, 1.54) is 12.5 Å². The van der Waals surface area contributed by atoms with Gasteiger partial charge in [0.1, 0.15) is 0 Å². The molecular formula is C14H20BrFN2. The molecule has 4 heteroatoms. The topological polar surface area (TPSA) is 16.1 Å². The van der Waals surface area contributed by atoms with Gasteiger partial charge in [0.2, 0.25) is 0 Å². The molecule has 1 atom stereocenters. The molecule has 2 rings (SSSR count). The number of nitrogens with zero attached hydrogens (tertiary/aromatic N) is 2. The fourth-order valence-corrected chi connectivity index (χ4v) is 2.94. The number of hydrogen-bond acceptors (Lipinski definition) is 2. The molecule has 1 fully saturated rings. The van der Waals surface area contributed by atoms with E-state index < -0.39 is 0 Å². The van der Waals surface area contributed by atoms with Crippen LogP contribution in [0.25, 0.3) is 0 Å². The van der Waals surface area contributed by atoms with E-state index in [4.69, 9.17) is 0 Å². The summed E-state index contributed by atoms with van der Waals surface area (Å²) in [4.78, 5) is 6.30. The Balaban J connectivity index is 2.10. The van der Waals surface area contributed by atoms with Gasteiger partial charge in [-0.2, -0.15) is 0 Å². The van der Waals surface area contributed by atoms with Crippen molar-refractivity contribution in [2.75, 3.05) is 18.0 Å². The van der Waals surface area contributed by atoms with Crippen LogP contribution >= 0.6 is 15.9 Å². The van der Waals surface area contributed by atoms with Crippen molar-refractivity contribution in [3.63, 3.8) is 0 Å². The molecule has 2 heterocycles. The van der Waals surface area contributed by atoms with E-state index in [-0.39, 0.29) is 5.82 Å². The molecule has 1 aliphatic rings. The Kier molecular flexibility index (Phi) is 4.60. The normalized spacial score (nSPS) is 21.2. The van der Waals surface area contributed by atoms with Crippen molar-refractivity contribution >= 4 is 21.7 Å². The Hall–Kier alpha value is -0.640. The van der Waals surface area contributed by atoms with Crippen LogP contribution < -0.4 is 4.90 Å². The standard InChI is InChI=1S/C14H20BrFN2/c1-10(2)11-4-3-6-18(7-5-11)14-13(16)8-12(15)9-17-14/h8-11H,3-7H2,1-2H3. The van der Waals surface area contributed by atoms with Gasteiger partial charge in [0, 0.05) is 23.8 Å². The molecular weight excluding hydrogens is 295 g/mol. The van der Waals surface area contributed by atoms with Gasteiger partial charge in [-0.05, 0) is 53.1 Å². The quantitative estimate of drug-likeness (QED) is 0.811. The Labute approximate surface area is 117 Å². The van der Waals surface area contributed by atoms with Crippen LogP contribution in [0.4, 0.5) is 10.2 Å². The SMILES string of the molecule is CC(C)C1CCCN(c2ncc(Br)cc2F)CC1. The zero-order chi connectivity index (χ0) is 13.1. The van der Waals surface area contributed by atoms with E-state index in [2.05, 4.69) is 39.7 Å². The van der Waals surface area contributed by atoms with E-state index in [9.17, 15) is 4.39 Å². The smallest absolute Gasteiger partial charge is 0.166 e. The molecule has 2 nitrogen and oxygen atoms in total. The predicted molar refractivity (Wildman–Crippen MR) is 76.3 cm³/mol. The summed E-state index contributed by atoms with van der Waals surface area (Å²) in [5.74, 6) is 1.75. The molecule has 0 bridgehead atoms. The molecule has 100 valence electrons. The van der Waals surface area contributed by atoms with E-state index in [0.29, 0.717) is 16.2 Å². The van der Waals surface area contributed by atoms with Gasteiger partial charge >= 0.3 is 0 Å². The second-order valence-electron chi connectivity index (χ2n) is 5.38. The van der Waals surface area contributed by atoms with Gasteiger partial charge in [0.15, 0.2) is 11.6 Å². The van der Waals surface area contributed by atoms with E-state index in [0.717, 1.165) is 31.8 Å². The third-order valence-corrected chi connectivity index (χ3v) is 4.24. The van der Waals surface area contributed by atoms with Crippen LogP contribution in [0.5, 0.6) is 0 Å². The van der Waals surface area contributed by atoms with E-state index in [1.807, 2.05) is 0 Å². The van der Waals surface area contributed by atoms with Crippen LogP contribution in [0.3, 0.4) is 0 Å². The molecule has 1 aromatic rings. The average Bonchev–Trinajstić information content (AvgIpc) is 2.54. The van der Waals surface area contributed by atoms with Gasteiger partial charge < -0.3 is 4.90 Å². The zero-order valence-corrected chi connectivity index (χ0v) is 12.6. The largest absolute Gasteiger partial charge is 0.354 e. The lowest BCUT2D eigenvalue weighted by Crippen LogP contribution is -2.26. The van der Waals surface area contributed by atoms with E-state index >= 15 is 0 Å². The van der Waals surface area contributed by atoms with Gasteiger partial charge in [0.05, 0.1) is 0 Å². The first-order chi connectivity index (χ1) is 8.58. The van der Waals surface area contributed by atoms with Crippen LogP contribution in [0.15, 0.2) is 16.7 Å². The third-order valence-electron chi connectivity index (χ3n) is 3.80. The van der Waals surface area contributed by atoms with Crippen LogP contribution in [-0.4, -0.2) is 18.1 Å². The minimum atomic E-state index is -0.229. The number of halogens is 2. The van der Waals surface area contributed by atoms with Crippen molar-refractivity contribution in [1.82, 2.24) is 4.98 Å². The maximum Gasteiger partial charge on any atom is 0.166 e. The Morgan fingerprint density at radius 3 is 2.83 bits per heavy atom. The highest BCUT2D eigenvalue weighted by molar-refractivity contribution is 9.10. The minimum Gasteiger partial charge on any atom is -0.354 e. The second-order valence-corrected chi connectivity index (χ2v) is 6.30. The van der Waals surface area contributed by atoms with Gasteiger partial charge in [-0.3, -0.25) is 0 Å². The molecule has 0 aliphatic carbocycles. The fourth-order valence-electron chi connectivity index (χ4n) is 2.64. The summed E-state index contributed by atoms with van der Waals surface area (Å²) in [6, 6.07) is 1.49. The second kappa shape index (κ2) is 6.00. The minimum absolute atomic E-state index is 0.229. The number of anilines is 1.